The first-order valence-corrected chi connectivity index (χ1v) is 9.11. The topological polar surface area (TPSA) is 168 Å². The number of nitrogens with zero attached hydrogens (tertiary/aromatic N) is 4. The summed E-state index contributed by atoms with van der Waals surface area (Å²) in [6, 6.07) is -2.77. The van der Waals surface area contributed by atoms with Gasteiger partial charge in [-0.3, -0.25) is 10.2 Å². The molecule has 3 aliphatic heterocycles. The van der Waals surface area contributed by atoms with Crippen molar-refractivity contribution in [1.82, 2.24) is 15.3 Å². The van der Waals surface area contributed by atoms with Crippen LogP contribution in [0.25, 0.3) is 0 Å². The Balaban J connectivity index is 0.00000243. The van der Waals surface area contributed by atoms with E-state index < -0.39 is 40.5 Å². The van der Waals surface area contributed by atoms with Gasteiger partial charge in [0.15, 0.2) is 0 Å². The largest absolute Gasteiger partial charge is 1.00 e. The van der Waals surface area contributed by atoms with Crippen molar-refractivity contribution in [1.29, 1.82) is 5.41 Å². The summed E-state index contributed by atoms with van der Waals surface area (Å²) in [5.74, 6) is -0.637. The number of amidine groups is 1. The number of piperidine rings is 1. The molecule has 138 valence electrons. The summed E-state index contributed by atoms with van der Waals surface area (Å²) in [6.07, 6.45) is 1.95. The quantitative estimate of drug-likeness (QED) is 0.163. The molecule has 0 aromatic heterocycles. The molecular formula is C12H17N6NaO6S. The van der Waals surface area contributed by atoms with Crippen molar-refractivity contribution in [3.63, 3.8) is 0 Å². The zero-order valence-electron chi connectivity index (χ0n) is 14.1. The van der Waals surface area contributed by atoms with E-state index in [0.717, 1.165) is 6.42 Å². The van der Waals surface area contributed by atoms with E-state index in [-0.39, 0.29) is 41.9 Å². The predicted molar refractivity (Wildman–Crippen MR) is 80.1 cm³/mol. The Bertz CT molecular complexity index is 730. The molecule has 2 fully saturated rings. The molecule has 2 bridgehead atoms. The monoisotopic (exact) mass is 396 g/mol. The molecule has 2 N–H and O–H groups in total. The number of amides is 3. The van der Waals surface area contributed by atoms with Crippen molar-refractivity contribution < 1.29 is 56.4 Å². The molecule has 0 aromatic rings. The van der Waals surface area contributed by atoms with Gasteiger partial charge in [-0.2, -0.15) is 19.6 Å². The summed E-state index contributed by atoms with van der Waals surface area (Å²) in [5, 5.41) is 18.7. The van der Waals surface area contributed by atoms with Crippen LogP contribution >= 0.6 is 0 Å². The Labute approximate surface area is 172 Å². The zero-order valence-corrected chi connectivity index (χ0v) is 16.9. The minimum absolute atomic E-state index is 0. The Morgan fingerprint density at radius 2 is 2.08 bits per heavy atom. The van der Waals surface area contributed by atoms with Crippen molar-refractivity contribution in [2.24, 2.45) is 10.2 Å². The predicted octanol–water partition coefficient (Wildman–Crippen LogP) is -3.64. The molecule has 12 nitrogen and oxygen atoms in total. The third kappa shape index (κ3) is 4.58. The second kappa shape index (κ2) is 8.27. The molecular weight excluding hydrogens is 379 g/mol. The first kappa shape index (κ1) is 21.2. The third-order valence-corrected chi connectivity index (χ3v) is 4.69. The number of carbonyl (C=O) groups is 2. The number of hydrogen-bond donors (Lipinski definition) is 2. The smallest absolute Gasteiger partial charge is 0.724 e. The average molecular weight is 396 g/mol. The third-order valence-electron chi connectivity index (χ3n) is 4.34. The van der Waals surface area contributed by atoms with Crippen molar-refractivity contribution in [2.75, 3.05) is 13.1 Å². The van der Waals surface area contributed by atoms with Crippen LogP contribution in [0.5, 0.6) is 0 Å². The van der Waals surface area contributed by atoms with Crippen LogP contribution in [0.15, 0.2) is 10.2 Å². The standard InChI is InChI=1S/C12H18N6O6S.Na/c13-10(15-11(19)8-2-1-5-14-16-8)9-4-3-7-6-17(9)12(20)18(7)24-25(21,22)23;/h7-9H,1-6H2,(H2,13,15,19)(H,21,22,23);/q;+1/p-1/t7-,8?,9+;/m1./s1. The first-order valence-electron chi connectivity index (χ1n) is 7.77. The van der Waals surface area contributed by atoms with Gasteiger partial charge in [0.25, 0.3) is 5.91 Å². The number of nitrogens with one attached hydrogen (secondary N) is 2. The van der Waals surface area contributed by atoms with Gasteiger partial charge >= 0.3 is 35.6 Å². The minimum Gasteiger partial charge on any atom is -0.724 e. The van der Waals surface area contributed by atoms with E-state index in [0.29, 0.717) is 30.9 Å². The maximum atomic E-state index is 12.2. The van der Waals surface area contributed by atoms with E-state index in [4.69, 9.17) is 5.41 Å². The molecule has 26 heavy (non-hydrogen) atoms. The van der Waals surface area contributed by atoms with Crippen LogP contribution in [0.2, 0.25) is 0 Å². The fourth-order valence-corrected chi connectivity index (χ4v) is 3.56. The minimum atomic E-state index is -5.07. The van der Waals surface area contributed by atoms with Crippen molar-refractivity contribution in [2.45, 2.75) is 43.8 Å². The number of rotatable bonds is 4. The Morgan fingerprint density at radius 1 is 1.35 bits per heavy atom. The number of fused-ring (bicyclic) bond motifs is 2. The average Bonchev–Trinajstić information content (AvgIpc) is 2.79. The number of carbonyl (C=O) groups excluding carboxylic acids is 2. The van der Waals surface area contributed by atoms with Gasteiger partial charge in [-0.1, -0.05) is 0 Å². The summed E-state index contributed by atoms with van der Waals surface area (Å²) < 4.78 is 36.4. The fraction of sp³-hybridized carbons (Fsp3) is 0.750. The summed E-state index contributed by atoms with van der Waals surface area (Å²) >= 11 is 0. The molecule has 3 amide bonds. The summed E-state index contributed by atoms with van der Waals surface area (Å²) in [6.45, 7) is 0.687. The van der Waals surface area contributed by atoms with Gasteiger partial charge < -0.3 is 14.8 Å². The summed E-state index contributed by atoms with van der Waals surface area (Å²) in [4.78, 5) is 25.6. The van der Waals surface area contributed by atoms with Gasteiger partial charge in [0.05, 0.1) is 18.6 Å². The first-order chi connectivity index (χ1) is 11.8. The van der Waals surface area contributed by atoms with E-state index in [2.05, 4.69) is 19.8 Å². The Morgan fingerprint density at radius 3 is 2.69 bits per heavy atom. The van der Waals surface area contributed by atoms with Gasteiger partial charge in [-0.15, -0.1) is 0 Å². The molecule has 0 aromatic carbocycles. The molecule has 3 heterocycles. The molecule has 14 heteroatoms. The van der Waals surface area contributed by atoms with Gasteiger partial charge in [-0.05, 0) is 25.7 Å². The van der Waals surface area contributed by atoms with Crippen LogP contribution in [0.3, 0.4) is 0 Å². The Kier molecular flexibility index (Phi) is 6.74. The SMILES string of the molecule is N=C(NC(=O)C1CCCN=N1)[C@@H]1CC[C@@H]2CN1C(=O)N2OS(=O)(=O)[O-].[Na+]. The molecule has 0 radical (unpaired) electrons. The number of hydrogen-bond acceptors (Lipinski definition) is 9. The zero-order chi connectivity index (χ0) is 18.2. The molecule has 0 saturated carbocycles. The molecule has 3 atom stereocenters. The normalized spacial score (nSPS) is 27.9. The van der Waals surface area contributed by atoms with Gasteiger partial charge in [0.1, 0.15) is 11.9 Å². The molecule has 2 saturated heterocycles. The number of azo groups is 1. The molecule has 3 aliphatic rings. The molecule has 1 unspecified atom stereocenters. The van der Waals surface area contributed by atoms with Crippen molar-refractivity contribution in [3.05, 3.63) is 0 Å². The second-order valence-electron chi connectivity index (χ2n) is 6.03. The van der Waals surface area contributed by atoms with Crippen molar-refractivity contribution >= 4 is 28.2 Å². The van der Waals surface area contributed by atoms with Crippen LogP contribution in [0, 0.1) is 5.41 Å². The second-order valence-corrected chi connectivity index (χ2v) is 7.00. The van der Waals surface area contributed by atoms with Gasteiger partial charge in [-0.25, -0.2) is 13.2 Å². The van der Waals surface area contributed by atoms with E-state index in [1.165, 1.54) is 4.90 Å². The summed E-state index contributed by atoms with van der Waals surface area (Å²) in [5.41, 5.74) is 0. The van der Waals surface area contributed by atoms with Crippen LogP contribution in [-0.2, 0) is 19.5 Å². The van der Waals surface area contributed by atoms with Crippen LogP contribution in [-0.4, -0.2) is 71.9 Å². The molecule has 0 spiro atoms. The number of urea groups is 1. The number of hydroxylamine groups is 2. The van der Waals surface area contributed by atoms with Crippen molar-refractivity contribution in [3.8, 4) is 0 Å². The van der Waals surface area contributed by atoms with Crippen LogP contribution < -0.4 is 34.9 Å². The van der Waals surface area contributed by atoms with E-state index >= 15 is 0 Å². The van der Waals surface area contributed by atoms with Gasteiger partial charge in [0, 0.05) is 6.54 Å². The Hall–Kier alpha value is -1.12. The maximum absolute atomic E-state index is 12.2. The van der Waals surface area contributed by atoms with Crippen LogP contribution in [0.4, 0.5) is 4.79 Å². The van der Waals surface area contributed by atoms with E-state index in [9.17, 15) is 22.6 Å². The van der Waals surface area contributed by atoms with E-state index in [1.807, 2.05) is 0 Å². The molecule has 0 aliphatic carbocycles. The van der Waals surface area contributed by atoms with Crippen LogP contribution in [0.1, 0.15) is 25.7 Å². The maximum Gasteiger partial charge on any atom is 1.00 e. The van der Waals surface area contributed by atoms with E-state index in [1.54, 1.807) is 0 Å². The summed E-state index contributed by atoms with van der Waals surface area (Å²) in [7, 11) is -5.07. The fourth-order valence-electron chi connectivity index (χ4n) is 3.18. The molecule has 3 rings (SSSR count). The van der Waals surface area contributed by atoms with Gasteiger partial charge in [0.2, 0.25) is 10.4 Å².